The molecule has 0 spiro atoms. The maximum Gasteiger partial charge on any atom is 0.252 e. The van der Waals surface area contributed by atoms with Crippen LogP contribution in [0.15, 0.2) is 18.5 Å². The topological polar surface area (TPSA) is 71.5 Å². The zero-order valence-corrected chi connectivity index (χ0v) is 11.1. The van der Waals surface area contributed by atoms with E-state index in [1.54, 1.807) is 6.07 Å². The number of carbonyl (C=O) groups excluding carboxylic acids is 1. The number of ether oxygens (including phenoxy) is 1. The van der Waals surface area contributed by atoms with Crippen LogP contribution in [0.4, 0.5) is 0 Å². The SMILES string of the molecule is CC(C)OCCNC(=O)c1ccncc1C#CCO. The summed E-state index contributed by atoms with van der Waals surface area (Å²) in [6.45, 7) is 4.52. The van der Waals surface area contributed by atoms with Crippen molar-refractivity contribution in [2.45, 2.75) is 20.0 Å². The molecule has 1 rings (SSSR count). The zero-order chi connectivity index (χ0) is 14.1. The fourth-order valence-electron chi connectivity index (χ4n) is 1.38. The van der Waals surface area contributed by atoms with Crippen LogP contribution in [-0.2, 0) is 4.74 Å². The summed E-state index contributed by atoms with van der Waals surface area (Å²) < 4.78 is 5.34. The third-order valence-electron chi connectivity index (χ3n) is 2.21. The minimum absolute atomic E-state index is 0.142. The van der Waals surface area contributed by atoms with Crippen molar-refractivity contribution >= 4 is 5.91 Å². The number of amides is 1. The smallest absolute Gasteiger partial charge is 0.252 e. The Morgan fingerprint density at radius 3 is 3.05 bits per heavy atom. The van der Waals surface area contributed by atoms with Gasteiger partial charge in [-0.2, -0.15) is 0 Å². The molecular formula is C14H18N2O3. The Kier molecular flexibility index (Phi) is 6.58. The van der Waals surface area contributed by atoms with Crippen LogP contribution in [0.2, 0.25) is 0 Å². The first-order valence-electron chi connectivity index (χ1n) is 6.08. The number of hydrogen-bond donors (Lipinski definition) is 2. The van der Waals surface area contributed by atoms with Crippen LogP contribution in [0.1, 0.15) is 29.8 Å². The largest absolute Gasteiger partial charge is 0.384 e. The highest BCUT2D eigenvalue weighted by Gasteiger charge is 2.09. The Labute approximate surface area is 113 Å². The molecule has 0 radical (unpaired) electrons. The highest BCUT2D eigenvalue weighted by molar-refractivity contribution is 5.96. The first-order chi connectivity index (χ1) is 9.15. The number of aliphatic hydroxyl groups is 1. The van der Waals surface area contributed by atoms with Gasteiger partial charge in [-0.3, -0.25) is 9.78 Å². The minimum Gasteiger partial charge on any atom is -0.384 e. The quantitative estimate of drug-likeness (QED) is 0.601. The predicted octanol–water partition coefficient (Wildman–Crippen LogP) is 0.580. The lowest BCUT2D eigenvalue weighted by Crippen LogP contribution is -2.28. The summed E-state index contributed by atoms with van der Waals surface area (Å²) in [7, 11) is 0. The summed E-state index contributed by atoms with van der Waals surface area (Å²) in [6.07, 6.45) is 3.18. The van der Waals surface area contributed by atoms with Gasteiger partial charge in [0.25, 0.3) is 5.91 Å². The Bertz CT molecular complexity index is 475. The van der Waals surface area contributed by atoms with Gasteiger partial charge in [-0.25, -0.2) is 0 Å². The van der Waals surface area contributed by atoms with Gasteiger partial charge in [-0.05, 0) is 19.9 Å². The van der Waals surface area contributed by atoms with Gasteiger partial charge in [0.05, 0.1) is 23.8 Å². The van der Waals surface area contributed by atoms with Crippen molar-refractivity contribution in [2.75, 3.05) is 19.8 Å². The molecule has 0 saturated carbocycles. The molecule has 0 unspecified atom stereocenters. The molecule has 1 aromatic heterocycles. The Balaban J connectivity index is 2.61. The molecule has 102 valence electrons. The molecule has 0 aliphatic rings. The van der Waals surface area contributed by atoms with Crippen molar-refractivity contribution < 1.29 is 14.6 Å². The molecule has 19 heavy (non-hydrogen) atoms. The van der Waals surface area contributed by atoms with E-state index in [9.17, 15) is 4.79 Å². The molecule has 1 amide bonds. The molecule has 5 heteroatoms. The number of aromatic nitrogens is 1. The lowest BCUT2D eigenvalue weighted by Gasteiger charge is -2.09. The average Bonchev–Trinajstić information content (AvgIpc) is 2.41. The van der Waals surface area contributed by atoms with Crippen LogP contribution in [-0.4, -0.2) is 41.9 Å². The molecule has 0 aromatic carbocycles. The summed E-state index contributed by atoms with van der Waals surface area (Å²) in [5.74, 6) is 4.98. The fourth-order valence-corrected chi connectivity index (χ4v) is 1.38. The first-order valence-corrected chi connectivity index (χ1v) is 6.08. The summed E-state index contributed by atoms with van der Waals surface area (Å²) >= 11 is 0. The second kappa shape index (κ2) is 8.25. The standard InChI is InChI=1S/C14H18N2O3/c1-11(2)19-9-7-16-14(18)13-5-6-15-10-12(13)4-3-8-17/h5-6,10-11,17H,7-9H2,1-2H3,(H,16,18). The van der Waals surface area contributed by atoms with Gasteiger partial charge in [-0.1, -0.05) is 11.8 Å². The molecule has 0 aliphatic heterocycles. The fraction of sp³-hybridized carbons (Fsp3) is 0.429. The molecule has 0 fully saturated rings. The van der Waals surface area contributed by atoms with E-state index >= 15 is 0 Å². The van der Waals surface area contributed by atoms with Crippen molar-refractivity contribution in [3.05, 3.63) is 29.6 Å². The molecule has 1 aromatic rings. The summed E-state index contributed by atoms with van der Waals surface area (Å²) in [5.41, 5.74) is 0.944. The van der Waals surface area contributed by atoms with Crippen LogP contribution in [0.25, 0.3) is 0 Å². The predicted molar refractivity (Wildman–Crippen MR) is 71.6 cm³/mol. The molecule has 0 saturated heterocycles. The second-order valence-electron chi connectivity index (χ2n) is 4.06. The number of nitrogens with zero attached hydrogens (tertiary/aromatic N) is 1. The number of pyridine rings is 1. The molecule has 2 N–H and O–H groups in total. The summed E-state index contributed by atoms with van der Waals surface area (Å²) in [5, 5.41) is 11.4. The maximum atomic E-state index is 11.9. The van der Waals surface area contributed by atoms with Crippen LogP contribution in [0.3, 0.4) is 0 Å². The second-order valence-corrected chi connectivity index (χ2v) is 4.06. The van der Waals surface area contributed by atoms with Gasteiger partial charge in [0, 0.05) is 18.9 Å². The van der Waals surface area contributed by atoms with Gasteiger partial charge in [0.1, 0.15) is 6.61 Å². The van der Waals surface area contributed by atoms with Gasteiger partial charge in [0.15, 0.2) is 0 Å². The highest BCUT2D eigenvalue weighted by atomic mass is 16.5. The van der Waals surface area contributed by atoms with Crippen LogP contribution in [0.5, 0.6) is 0 Å². The lowest BCUT2D eigenvalue weighted by molar-refractivity contribution is 0.0746. The van der Waals surface area contributed by atoms with Gasteiger partial charge < -0.3 is 15.2 Å². The van der Waals surface area contributed by atoms with Crippen LogP contribution in [0, 0.1) is 11.8 Å². The van der Waals surface area contributed by atoms with E-state index in [4.69, 9.17) is 9.84 Å². The normalized spacial score (nSPS) is 9.89. The molecule has 5 nitrogen and oxygen atoms in total. The molecule has 0 bridgehead atoms. The van der Waals surface area contributed by atoms with E-state index in [1.807, 2.05) is 13.8 Å². The zero-order valence-electron chi connectivity index (χ0n) is 11.1. The van der Waals surface area contributed by atoms with E-state index in [2.05, 4.69) is 22.1 Å². The van der Waals surface area contributed by atoms with Crippen molar-refractivity contribution in [1.82, 2.24) is 10.3 Å². The van der Waals surface area contributed by atoms with Crippen molar-refractivity contribution in [3.8, 4) is 11.8 Å². The van der Waals surface area contributed by atoms with E-state index in [0.717, 1.165) is 0 Å². The first kappa shape index (κ1) is 15.2. The van der Waals surface area contributed by atoms with E-state index in [0.29, 0.717) is 24.3 Å². The summed E-state index contributed by atoms with van der Waals surface area (Å²) in [4.78, 5) is 15.9. The highest BCUT2D eigenvalue weighted by Crippen LogP contribution is 2.05. The van der Waals surface area contributed by atoms with Gasteiger partial charge in [0.2, 0.25) is 0 Å². The molecular weight excluding hydrogens is 244 g/mol. The van der Waals surface area contributed by atoms with Gasteiger partial charge in [-0.15, -0.1) is 0 Å². The number of carbonyl (C=O) groups is 1. The van der Waals surface area contributed by atoms with Gasteiger partial charge >= 0.3 is 0 Å². The number of hydrogen-bond acceptors (Lipinski definition) is 4. The number of aliphatic hydroxyl groups excluding tert-OH is 1. The van der Waals surface area contributed by atoms with Crippen LogP contribution < -0.4 is 5.32 Å². The Morgan fingerprint density at radius 1 is 1.58 bits per heavy atom. The minimum atomic E-state index is -0.252. The summed E-state index contributed by atoms with van der Waals surface area (Å²) in [6, 6.07) is 1.60. The molecule has 0 atom stereocenters. The van der Waals surface area contributed by atoms with Crippen molar-refractivity contribution in [2.24, 2.45) is 0 Å². The monoisotopic (exact) mass is 262 g/mol. The van der Waals surface area contributed by atoms with Crippen LogP contribution >= 0.6 is 0 Å². The number of nitrogens with one attached hydrogen (secondary N) is 1. The maximum absolute atomic E-state index is 11.9. The van der Waals surface area contributed by atoms with E-state index < -0.39 is 0 Å². The van der Waals surface area contributed by atoms with Crippen molar-refractivity contribution in [3.63, 3.8) is 0 Å². The van der Waals surface area contributed by atoms with E-state index in [1.165, 1.54) is 12.4 Å². The molecule has 1 heterocycles. The third-order valence-corrected chi connectivity index (χ3v) is 2.21. The Hall–Kier alpha value is -1.90. The average molecular weight is 262 g/mol. The van der Waals surface area contributed by atoms with Crippen molar-refractivity contribution in [1.29, 1.82) is 0 Å². The molecule has 0 aliphatic carbocycles. The number of rotatable bonds is 5. The Morgan fingerprint density at radius 2 is 2.37 bits per heavy atom. The van der Waals surface area contributed by atoms with E-state index in [-0.39, 0.29) is 18.6 Å². The third kappa shape index (κ3) is 5.51. The lowest BCUT2D eigenvalue weighted by atomic mass is 10.1.